The van der Waals surface area contributed by atoms with Crippen LogP contribution in [0, 0.1) is 0 Å². The summed E-state index contributed by atoms with van der Waals surface area (Å²) in [4.78, 5) is 12.2. The van der Waals surface area contributed by atoms with Gasteiger partial charge in [0, 0.05) is 6.42 Å². The Kier molecular flexibility index (Phi) is 7.92. The molecule has 0 radical (unpaired) electrons. The van der Waals surface area contributed by atoms with E-state index in [1.807, 2.05) is 36.4 Å². The Morgan fingerprint density at radius 2 is 1.38 bits per heavy atom. The van der Waals surface area contributed by atoms with Crippen molar-refractivity contribution in [1.29, 1.82) is 0 Å². The standard InChI is InChI=1S/C23H28N4O2/c28-21(29)17-11-3-1-2-4-12-18-27-25-23(24-26-27)22(19-13-7-5-8-14-19)20-15-9-6-10-16-20/h5-10,13-16,22H,1-4,11-12,17-18H2,(H,28,29). The molecule has 0 fully saturated rings. The lowest BCUT2D eigenvalue weighted by atomic mass is 9.91. The van der Waals surface area contributed by atoms with Crippen molar-refractivity contribution in [2.24, 2.45) is 0 Å². The molecule has 0 saturated heterocycles. The van der Waals surface area contributed by atoms with Crippen molar-refractivity contribution in [3.63, 3.8) is 0 Å². The molecule has 3 rings (SSSR count). The molecule has 29 heavy (non-hydrogen) atoms. The first-order valence-corrected chi connectivity index (χ1v) is 10.3. The molecule has 6 heteroatoms. The molecular weight excluding hydrogens is 364 g/mol. The topological polar surface area (TPSA) is 80.9 Å². The zero-order chi connectivity index (χ0) is 20.3. The van der Waals surface area contributed by atoms with Crippen LogP contribution in [0.1, 0.15) is 67.8 Å². The Balaban J connectivity index is 1.54. The first kappa shape index (κ1) is 20.7. The maximum absolute atomic E-state index is 10.5. The van der Waals surface area contributed by atoms with Crippen molar-refractivity contribution < 1.29 is 9.90 Å². The van der Waals surface area contributed by atoms with E-state index in [2.05, 4.69) is 39.7 Å². The maximum atomic E-state index is 10.5. The molecule has 6 nitrogen and oxygen atoms in total. The van der Waals surface area contributed by atoms with Gasteiger partial charge >= 0.3 is 5.97 Å². The number of aryl methyl sites for hydroxylation is 1. The molecule has 1 heterocycles. The fourth-order valence-corrected chi connectivity index (χ4v) is 3.48. The van der Waals surface area contributed by atoms with Gasteiger partial charge in [0.25, 0.3) is 0 Å². The first-order chi connectivity index (χ1) is 14.2. The Morgan fingerprint density at radius 3 is 1.97 bits per heavy atom. The monoisotopic (exact) mass is 392 g/mol. The minimum Gasteiger partial charge on any atom is -0.481 e. The minimum atomic E-state index is -0.706. The highest BCUT2D eigenvalue weighted by Gasteiger charge is 2.21. The molecule has 1 N–H and O–H groups in total. The molecule has 0 spiro atoms. The van der Waals surface area contributed by atoms with Crippen molar-refractivity contribution >= 4 is 5.97 Å². The molecule has 0 saturated carbocycles. The van der Waals surface area contributed by atoms with Gasteiger partial charge in [-0.25, -0.2) is 0 Å². The van der Waals surface area contributed by atoms with Crippen LogP contribution in [0.2, 0.25) is 0 Å². The van der Waals surface area contributed by atoms with Crippen LogP contribution in [0.5, 0.6) is 0 Å². The third-order valence-corrected chi connectivity index (χ3v) is 4.99. The highest BCUT2D eigenvalue weighted by molar-refractivity contribution is 5.66. The quantitative estimate of drug-likeness (QED) is 0.453. The molecule has 152 valence electrons. The number of nitrogens with zero attached hydrogens (tertiary/aromatic N) is 4. The number of carboxylic acid groups (broad SMARTS) is 1. The number of aromatic nitrogens is 4. The van der Waals surface area contributed by atoms with Gasteiger partial charge in [0.15, 0.2) is 5.82 Å². The number of benzene rings is 2. The molecule has 0 atom stereocenters. The van der Waals surface area contributed by atoms with Crippen LogP contribution in [0.25, 0.3) is 0 Å². The third-order valence-electron chi connectivity index (χ3n) is 4.99. The Labute approximate surface area is 171 Å². The fourth-order valence-electron chi connectivity index (χ4n) is 3.48. The summed E-state index contributed by atoms with van der Waals surface area (Å²) in [6.07, 6.45) is 6.29. The lowest BCUT2D eigenvalue weighted by Gasteiger charge is -2.14. The summed E-state index contributed by atoms with van der Waals surface area (Å²) in [5, 5.41) is 21.9. The summed E-state index contributed by atoms with van der Waals surface area (Å²) in [5.74, 6) is -0.0150. The molecule has 0 amide bonds. The Hall–Kier alpha value is -3.02. The molecule has 0 bridgehead atoms. The summed E-state index contributed by atoms with van der Waals surface area (Å²) < 4.78 is 0. The van der Waals surface area contributed by atoms with Crippen LogP contribution in [0.15, 0.2) is 60.7 Å². The number of carboxylic acids is 1. The third kappa shape index (κ3) is 6.52. The fraction of sp³-hybridized carbons (Fsp3) is 0.391. The molecule has 1 aromatic heterocycles. The van der Waals surface area contributed by atoms with Gasteiger partial charge < -0.3 is 5.11 Å². The van der Waals surface area contributed by atoms with E-state index in [9.17, 15) is 4.79 Å². The number of aliphatic carboxylic acids is 1. The van der Waals surface area contributed by atoms with Gasteiger partial charge in [0.2, 0.25) is 0 Å². The van der Waals surface area contributed by atoms with E-state index in [4.69, 9.17) is 5.11 Å². The van der Waals surface area contributed by atoms with Gasteiger partial charge in [0.1, 0.15) is 0 Å². The second kappa shape index (κ2) is 11.1. The van der Waals surface area contributed by atoms with E-state index in [-0.39, 0.29) is 12.3 Å². The van der Waals surface area contributed by atoms with Gasteiger partial charge in [-0.15, -0.1) is 10.2 Å². The summed E-state index contributed by atoms with van der Waals surface area (Å²) in [5.41, 5.74) is 2.30. The van der Waals surface area contributed by atoms with Crippen molar-refractivity contribution in [2.75, 3.05) is 0 Å². The predicted octanol–water partition coefficient (Wildman–Crippen LogP) is 4.67. The second-order valence-electron chi connectivity index (χ2n) is 7.26. The van der Waals surface area contributed by atoms with Crippen molar-refractivity contribution in [3.05, 3.63) is 77.6 Å². The molecule has 3 aromatic rings. The smallest absolute Gasteiger partial charge is 0.303 e. The van der Waals surface area contributed by atoms with Crippen molar-refractivity contribution in [2.45, 2.75) is 57.4 Å². The Bertz CT molecular complexity index is 825. The van der Waals surface area contributed by atoms with Gasteiger partial charge in [0.05, 0.1) is 12.5 Å². The molecular formula is C23H28N4O2. The SMILES string of the molecule is O=C(O)CCCCCCCCn1nnc(C(c2ccccc2)c2ccccc2)n1. The van der Waals surface area contributed by atoms with E-state index in [0.29, 0.717) is 0 Å². The zero-order valence-electron chi connectivity index (χ0n) is 16.7. The second-order valence-corrected chi connectivity index (χ2v) is 7.26. The zero-order valence-corrected chi connectivity index (χ0v) is 16.7. The summed E-state index contributed by atoms with van der Waals surface area (Å²) >= 11 is 0. The molecule has 0 aliphatic carbocycles. The van der Waals surface area contributed by atoms with Crippen molar-refractivity contribution in [1.82, 2.24) is 20.2 Å². The average molecular weight is 393 g/mol. The van der Waals surface area contributed by atoms with Gasteiger partial charge in [-0.3, -0.25) is 4.79 Å². The summed E-state index contributed by atoms with van der Waals surface area (Å²) in [7, 11) is 0. The van der Waals surface area contributed by atoms with E-state index < -0.39 is 5.97 Å². The lowest BCUT2D eigenvalue weighted by Crippen LogP contribution is -2.07. The summed E-state index contributed by atoms with van der Waals surface area (Å²) in [6, 6.07) is 20.6. The van der Waals surface area contributed by atoms with Crippen LogP contribution in [0.4, 0.5) is 0 Å². The van der Waals surface area contributed by atoms with Crippen LogP contribution < -0.4 is 0 Å². The highest BCUT2D eigenvalue weighted by atomic mass is 16.4. The van der Waals surface area contributed by atoms with Gasteiger partial charge in [-0.2, -0.15) is 4.80 Å². The number of tetrazole rings is 1. The minimum absolute atomic E-state index is 0.0274. The number of unbranched alkanes of at least 4 members (excludes halogenated alkanes) is 5. The molecule has 2 aromatic carbocycles. The highest BCUT2D eigenvalue weighted by Crippen LogP contribution is 2.28. The average Bonchev–Trinajstić information content (AvgIpc) is 3.20. The number of carbonyl (C=O) groups is 1. The largest absolute Gasteiger partial charge is 0.481 e. The molecule has 0 unspecified atom stereocenters. The van der Waals surface area contributed by atoms with E-state index in [1.54, 1.807) is 4.80 Å². The first-order valence-electron chi connectivity index (χ1n) is 10.3. The van der Waals surface area contributed by atoms with Crippen LogP contribution >= 0.6 is 0 Å². The predicted molar refractivity (Wildman–Crippen MR) is 112 cm³/mol. The number of hydrogen-bond donors (Lipinski definition) is 1. The Morgan fingerprint density at radius 1 is 0.828 bits per heavy atom. The molecule has 0 aliphatic rings. The van der Waals surface area contributed by atoms with Gasteiger partial charge in [-0.1, -0.05) is 86.3 Å². The van der Waals surface area contributed by atoms with Crippen LogP contribution in [-0.2, 0) is 11.3 Å². The lowest BCUT2D eigenvalue weighted by molar-refractivity contribution is -0.137. The van der Waals surface area contributed by atoms with E-state index in [0.717, 1.165) is 62.0 Å². The maximum Gasteiger partial charge on any atom is 0.303 e. The molecule has 0 aliphatic heterocycles. The van der Waals surface area contributed by atoms with Crippen LogP contribution in [-0.4, -0.2) is 31.3 Å². The number of hydrogen-bond acceptors (Lipinski definition) is 4. The van der Waals surface area contributed by atoms with Crippen molar-refractivity contribution in [3.8, 4) is 0 Å². The number of rotatable bonds is 12. The summed E-state index contributed by atoms with van der Waals surface area (Å²) in [6.45, 7) is 0.748. The van der Waals surface area contributed by atoms with E-state index >= 15 is 0 Å². The normalized spacial score (nSPS) is 11.1. The van der Waals surface area contributed by atoms with Gasteiger partial charge in [-0.05, 0) is 29.2 Å². The van der Waals surface area contributed by atoms with E-state index in [1.165, 1.54) is 0 Å². The van der Waals surface area contributed by atoms with Crippen LogP contribution in [0.3, 0.4) is 0 Å².